The van der Waals surface area contributed by atoms with Crippen LogP contribution in [0.1, 0.15) is 46.4 Å². The summed E-state index contributed by atoms with van der Waals surface area (Å²) in [6, 6.07) is 15.4. The molecule has 1 amide bonds. The zero-order valence-electron chi connectivity index (χ0n) is 17.8. The minimum Gasteiger partial charge on any atom is -0.452 e. The molecule has 0 saturated carbocycles. The van der Waals surface area contributed by atoms with E-state index in [4.69, 9.17) is 9.47 Å². The Bertz CT molecular complexity index is 827. The number of benzene rings is 2. The molecule has 0 aliphatic carbocycles. The van der Waals surface area contributed by atoms with Gasteiger partial charge in [0, 0.05) is 5.56 Å². The minimum atomic E-state index is -0.487. The lowest BCUT2D eigenvalue weighted by molar-refractivity contribution is -0.921. The number of aryl methyl sites for hydroxylation is 1. The van der Waals surface area contributed by atoms with E-state index in [9.17, 15) is 9.59 Å². The molecular weight excluding hydrogens is 380 g/mol. The van der Waals surface area contributed by atoms with Gasteiger partial charge in [0.2, 0.25) is 0 Å². The van der Waals surface area contributed by atoms with E-state index >= 15 is 0 Å². The second-order valence-corrected chi connectivity index (χ2v) is 7.75. The van der Waals surface area contributed by atoms with Crippen molar-refractivity contribution in [2.75, 3.05) is 32.9 Å². The highest BCUT2D eigenvalue weighted by Gasteiger charge is 2.17. The molecule has 6 heteroatoms. The second kappa shape index (κ2) is 10.9. The van der Waals surface area contributed by atoms with E-state index in [1.54, 1.807) is 12.1 Å². The van der Waals surface area contributed by atoms with Gasteiger partial charge < -0.3 is 19.7 Å². The third kappa shape index (κ3) is 6.40. The molecular formula is C24H31N2O4+. The first-order chi connectivity index (χ1) is 14.5. The Balaban J connectivity index is 1.46. The van der Waals surface area contributed by atoms with Crippen molar-refractivity contribution in [1.82, 2.24) is 5.32 Å². The highest BCUT2D eigenvalue weighted by Crippen LogP contribution is 2.17. The normalized spacial score (nSPS) is 15.4. The maximum atomic E-state index is 12.3. The van der Waals surface area contributed by atoms with Crippen LogP contribution >= 0.6 is 0 Å². The minimum absolute atomic E-state index is 0.0984. The Hall–Kier alpha value is -2.70. The Kier molecular flexibility index (Phi) is 7.99. The SMILES string of the molecule is CC[C@H](NC(=O)COC(=O)c1ccc(C[NH+]2CCOCC2)cc1)c1ccc(C)cc1. The fraction of sp³-hybridized carbons (Fsp3) is 0.417. The first-order valence-electron chi connectivity index (χ1n) is 10.6. The predicted octanol–water partition coefficient (Wildman–Crippen LogP) is 1.83. The summed E-state index contributed by atoms with van der Waals surface area (Å²) in [5.41, 5.74) is 3.84. The Morgan fingerprint density at radius 1 is 1.07 bits per heavy atom. The van der Waals surface area contributed by atoms with Gasteiger partial charge in [-0.25, -0.2) is 4.79 Å². The maximum Gasteiger partial charge on any atom is 0.338 e. The third-order valence-electron chi connectivity index (χ3n) is 5.40. The molecule has 1 aliphatic heterocycles. The van der Waals surface area contributed by atoms with Crippen LogP contribution in [0.3, 0.4) is 0 Å². The summed E-state index contributed by atoms with van der Waals surface area (Å²) in [5.74, 6) is -0.790. The van der Waals surface area contributed by atoms with Crippen LogP contribution in [0.4, 0.5) is 0 Å². The first-order valence-corrected chi connectivity index (χ1v) is 10.6. The van der Waals surface area contributed by atoms with Crippen LogP contribution in [0.25, 0.3) is 0 Å². The fourth-order valence-electron chi connectivity index (χ4n) is 3.55. The van der Waals surface area contributed by atoms with Gasteiger partial charge in [-0.15, -0.1) is 0 Å². The summed E-state index contributed by atoms with van der Waals surface area (Å²) in [7, 11) is 0. The number of quaternary nitrogens is 1. The van der Waals surface area contributed by atoms with E-state index in [1.165, 1.54) is 16.0 Å². The number of nitrogens with one attached hydrogen (secondary N) is 2. The molecule has 0 radical (unpaired) electrons. The predicted molar refractivity (Wildman–Crippen MR) is 114 cm³/mol. The fourth-order valence-corrected chi connectivity index (χ4v) is 3.55. The Labute approximate surface area is 178 Å². The second-order valence-electron chi connectivity index (χ2n) is 7.75. The van der Waals surface area contributed by atoms with Gasteiger partial charge in [-0.05, 0) is 31.0 Å². The average molecular weight is 412 g/mol. The van der Waals surface area contributed by atoms with Crippen LogP contribution in [-0.2, 0) is 20.8 Å². The number of amides is 1. The monoisotopic (exact) mass is 411 g/mol. The molecule has 1 heterocycles. The lowest BCUT2D eigenvalue weighted by Gasteiger charge is -2.23. The van der Waals surface area contributed by atoms with Crippen molar-refractivity contribution in [3.8, 4) is 0 Å². The van der Waals surface area contributed by atoms with E-state index in [0.29, 0.717) is 5.56 Å². The smallest absolute Gasteiger partial charge is 0.338 e. The number of rotatable bonds is 8. The van der Waals surface area contributed by atoms with Crippen LogP contribution in [0, 0.1) is 6.92 Å². The number of ether oxygens (including phenoxy) is 2. The van der Waals surface area contributed by atoms with Gasteiger partial charge >= 0.3 is 5.97 Å². The molecule has 6 nitrogen and oxygen atoms in total. The summed E-state index contributed by atoms with van der Waals surface area (Å²) in [6.45, 7) is 8.26. The van der Waals surface area contributed by atoms with Crippen LogP contribution < -0.4 is 10.2 Å². The number of hydrogen-bond donors (Lipinski definition) is 2. The van der Waals surface area contributed by atoms with Gasteiger partial charge in [0.05, 0.1) is 24.8 Å². The van der Waals surface area contributed by atoms with E-state index in [0.717, 1.165) is 44.8 Å². The quantitative estimate of drug-likeness (QED) is 0.651. The summed E-state index contributed by atoms with van der Waals surface area (Å²) >= 11 is 0. The molecule has 1 atom stereocenters. The molecule has 1 aliphatic rings. The zero-order valence-corrected chi connectivity index (χ0v) is 17.8. The number of morpholine rings is 1. The van der Waals surface area contributed by atoms with Crippen LogP contribution in [0.5, 0.6) is 0 Å². The number of hydrogen-bond acceptors (Lipinski definition) is 4. The third-order valence-corrected chi connectivity index (χ3v) is 5.40. The van der Waals surface area contributed by atoms with Gasteiger partial charge in [0.1, 0.15) is 19.6 Å². The number of carbonyl (C=O) groups excluding carboxylic acids is 2. The van der Waals surface area contributed by atoms with Crippen molar-refractivity contribution >= 4 is 11.9 Å². The number of carbonyl (C=O) groups is 2. The molecule has 2 aromatic rings. The van der Waals surface area contributed by atoms with Crippen molar-refractivity contribution in [3.05, 3.63) is 70.8 Å². The van der Waals surface area contributed by atoms with Gasteiger partial charge in [0.15, 0.2) is 6.61 Å². The maximum absolute atomic E-state index is 12.3. The van der Waals surface area contributed by atoms with Crippen molar-refractivity contribution in [2.24, 2.45) is 0 Å². The zero-order chi connectivity index (χ0) is 21.3. The average Bonchev–Trinajstić information content (AvgIpc) is 2.78. The van der Waals surface area contributed by atoms with Crippen LogP contribution in [0.2, 0.25) is 0 Å². The van der Waals surface area contributed by atoms with Gasteiger partial charge in [0.25, 0.3) is 5.91 Å². The Morgan fingerprint density at radius 3 is 2.37 bits per heavy atom. The first kappa shape index (κ1) is 22.0. The van der Waals surface area contributed by atoms with E-state index in [1.807, 2.05) is 50.2 Å². The topological polar surface area (TPSA) is 69.1 Å². The molecule has 1 saturated heterocycles. The highest BCUT2D eigenvalue weighted by atomic mass is 16.5. The van der Waals surface area contributed by atoms with E-state index < -0.39 is 5.97 Å². The van der Waals surface area contributed by atoms with E-state index in [2.05, 4.69) is 5.32 Å². The van der Waals surface area contributed by atoms with E-state index in [-0.39, 0.29) is 18.6 Å². The molecule has 1 fully saturated rings. The summed E-state index contributed by atoms with van der Waals surface area (Å²) in [5, 5.41) is 2.93. The number of esters is 1. The molecule has 2 aromatic carbocycles. The summed E-state index contributed by atoms with van der Waals surface area (Å²) < 4.78 is 10.6. The molecule has 0 spiro atoms. The van der Waals surface area contributed by atoms with Crippen molar-refractivity contribution in [3.63, 3.8) is 0 Å². The standard InChI is InChI=1S/C24H30N2O4/c1-3-22(20-8-4-18(2)5-9-20)25-23(27)17-30-24(28)21-10-6-19(7-11-21)16-26-12-14-29-15-13-26/h4-11,22H,3,12-17H2,1-2H3,(H,25,27)/p+1/t22-/m0/s1. The molecule has 30 heavy (non-hydrogen) atoms. The molecule has 2 N–H and O–H groups in total. The Morgan fingerprint density at radius 2 is 1.73 bits per heavy atom. The van der Waals surface area contributed by atoms with Gasteiger partial charge in [-0.1, -0.05) is 48.9 Å². The van der Waals surface area contributed by atoms with Crippen LogP contribution in [-0.4, -0.2) is 44.8 Å². The highest BCUT2D eigenvalue weighted by molar-refractivity contribution is 5.91. The lowest BCUT2D eigenvalue weighted by atomic mass is 10.0. The van der Waals surface area contributed by atoms with Crippen molar-refractivity contribution in [1.29, 1.82) is 0 Å². The van der Waals surface area contributed by atoms with Crippen molar-refractivity contribution in [2.45, 2.75) is 32.9 Å². The lowest BCUT2D eigenvalue weighted by Crippen LogP contribution is -3.12. The van der Waals surface area contributed by atoms with Crippen molar-refractivity contribution < 1.29 is 24.0 Å². The van der Waals surface area contributed by atoms with Crippen LogP contribution in [0.15, 0.2) is 48.5 Å². The van der Waals surface area contributed by atoms with Gasteiger partial charge in [-0.2, -0.15) is 0 Å². The summed E-state index contributed by atoms with van der Waals surface area (Å²) in [4.78, 5) is 26.0. The molecule has 160 valence electrons. The van der Waals surface area contributed by atoms with Gasteiger partial charge in [-0.3, -0.25) is 4.79 Å². The largest absolute Gasteiger partial charge is 0.452 e. The molecule has 3 rings (SSSR count). The molecule has 0 unspecified atom stereocenters. The molecule has 0 aromatic heterocycles. The summed E-state index contributed by atoms with van der Waals surface area (Å²) in [6.07, 6.45) is 0.759. The molecule has 0 bridgehead atoms.